The number of methoxy groups -OCH3 is 1. The minimum atomic E-state index is 0.416. The second-order valence-electron chi connectivity index (χ2n) is 3.84. The molecule has 90 valence electrons. The molecule has 1 aromatic carbocycles. The van der Waals surface area contributed by atoms with Gasteiger partial charge in [0, 0.05) is 20.0 Å². The van der Waals surface area contributed by atoms with E-state index in [1.165, 1.54) is 5.56 Å². The van der Waals surface area contributed by atoms with Gasteiger partial charge in [0.25, 0.3) is 0 Å². The molecule has 5 heteroatoms. The molecule has 0 unspecified atom stereocenters. The molecule has 2 aromatic rings. The van der Waals surface area contributed by atoms with E-state index in [4.69, 9.17) is 10.5 Å². The number of hydrogen-bond donors (Lipinski definition) is 1. The molecule has 2 rings (SSSR count). The van der Waals surface area contributed by atoms with Crippen molar-refractivity contribution in [3.8, 4) is 5.75 Å². The van der Waals surface area contributed by atoms with Crippen LogP contribution in [0.3, 0.4) is 0 Å². The van der Waals surface area contributed by atoms with Gasteiger partial charge in [0.05, 0.1) is 18.5 Å². The number of ether oxygens (including phenoxy) is 1. The highest BCUT2D eigenvalue weighted by Gasteiger charge is 2.09. The molecule has 0 fully saturated rings. The van der Waals surface area contributed by atoms with Crippen molar-refractivity contribution in [1.82, 2.24) is 15.0 Å². The molecule has 0 amide bonds. The van der Waals surface area contributed by atoms with Gasteiger partial charge in [-0.05, 0) is 17.7 Å². The van der Waals surface area contributed by atoms with Gasteiger partial charge in [-0.15, -0.1) is 5.10 Å². The molecule has 0 saturated carbocycles. The number of rotatable bonds is 4. The van der Waals surface area contributed by atoms with Crippen LogP contribution in [0.5, 0.6) is 5.75 Å². The summed E-state index contributed by atoms with van der Waals surface area (Å²) in [6.07, 6.45) is 0.778. The molecule has 0 radical (unpaired) electrons. The molecule has 5 nitrogen and oxygen atoms in total. The summed E-state index contributed by atoms with van der Waals surface area (Å²) in [7, 11) is 3.54. The van der Waals surface area contributed by atoms with Crippen molar-refractivity contribution in [3.63, 3.8) is 0 Å². The van der Waals surface area contributed by atoms with Gasteiger partial charge in [0.2, 0.25) is 0 Å². The molecule has 0 spiro atoms. The molecule has 0 aliphatic heterocycles. The standard InChI is InChI=1S/C12H16N4O/c1-16-12(11(8-13)14-15-16)7-9-3-5-10(17-2)6-4-9/h3-6H,7-8,13H2,1-2H3. The lowest BCUT2D eigenvalue weighted by molar-refractivity contribution is 0.414. The highest BCUT2D eigenvalue weighted by molar-refractivity contribution is 5.30. The third-order valence-electron chi connectivity index (χ3n) is 2.75. The molecule has 1 heterocycles. The summed E-state index contributed by atoms with van der Waals surface area (Å²) in [4.78, 5) is 0. The zero-order chi connectivity index (χ0) is 12.3. The summed E-state index contributed by atoms with van der Waals surface area (Å²) in [5, 5.41) is 8.01. The van der Waals surface area contributed by atoms with Gasteiger partial charge in [-0.1, -0.05) is 17.3 Å². The quantitative estimate of drug-likeness (QED) is 0.849. The fraction of sp³-hybridized carbons (Fsp3) is 0.333. The highest BCUT2D eigenvalue weighted by atomic mass is 16.5. The fourth-order valence-electron chi connectivity index (χ4n) is 1.73. The number of aryl methyl sites for hydroxylation is 1. The van der Waals surface area contributed by atoms with Crippen LogP contribution < -0.4 is 10.5 Å². The second kappa shape index (κ2) is 4.97. The van der Waals surface area contributed by atoms with Crippen molar-refractivity contribution in [2.75, 3.05) is 7.11 Å². The van der Waals surface area contributed by atoms with Crippen molar-refractivity contribution >= 4 is 0 Å². The van der Waals surface area contributed by atoms with Crippen molar-refractivity contribution in [3.05, 3.63) is 41.2 Å². The Bertz CT molecular complexity index is 490. The van der Waals surface area contributed by atoms with Crippen LogP contribution in [-0.2, 0) is 20.0 Å². The Kier molecular flexibility index (Phi) is 3.39. The van der Waals surface area contributed by atoms with Crippen LogP contribution in [-0.4, -0.2) is 22.1 Å². The zero-order valence-electron chi connectivity index (χ0n) is 10.1. The van der Waals surface area contributed by atoms with E-state index in [9.17, 15) is 0 Å². The summed E-state index contributed by atoms with van der Waals surface area (Å²) < 4.78 is 6.89. The summed E-state index contributed by atoms with van der Waals surface area (Å²) in [6.45, 7) is 0.416. The molecule has 2 N–H and O–H groups in total. The van der Waals surface area contributed by atoms with Crippen LogP contribution in [0.4, 0.5) is 0 Å². The second-order valence-corrected chi connectivity index (χ2v) is 3.84. The first-order valence-electron chi connectivity index (χ1n) is 5.45. The lowest BCUT2D eigenvalue weighted by Gasteiger charge is -2.05. The predicted molar refractivity (Wildman–Crippen MR) is 64.7 cm³/mol. The molecule has 0 saturated heterocycles. The van der Waals surface area contributed by atoms with Crippen molar-refractivity contribution in [2.24, 2.45) is 12.8 Å². The molecule has 0 atom stereocenters. The molecule has 0 aliphatic carbocycles. The average Bonchev–Trinajstić information content (AvgIpc) is 2.71. The first-order valence-corrected chi connectivity index (χ1v) is 5.45. The number of hydrogen-bond acceptors (Lipinski definition) is 4. The van der Waals surface area contributed by atoms with Crippen molar-refractivity contribution in [2.45, 2.75) is 13.0 Å². The maximum absolute atomic E-state index is 5.63. The van der Waals surface area contributed by atoms with Crippen LogP contribution in [0.15, 0.2) is 24.3 Å². The molecule has 1 aromatic heterocycles. The van der Waals surface area contributed by atoms with E-state index >= 15 is 0 Å². The minimum absolute atomic E-state index is 0.416. The molecule has 0 bridgehead atoms. The molecule has 17 heavy (non-hydrogen) atoms. The summed E-state index contributed by atoms with van der Waals surface area (Å²) in [5.41, 5.74) is 8.72. The van der Waals surface area contributed by atoms with Gasteiger partial charge in [-0.25, -0.2) is 0 Å². The summed E-state index contributed by atoms with van der Waals surface area (Å²) in [6, 6.07) is 7.96. The van der Waals surface area contributed by atoms with Crippen LogP contribution in [0.2, 0.25) is 0 Å². The zero-order valence-corrected chi connectivity index (χ0v) is 10.1. The SMILES string of the molecule is COc1ccc(Cc2c(CN)nnn2C)cc1. The van der Waals surface area contributed by atoms with E-state index in [-0.39, 0.29) is 0 Å². The Morgan fingerprint density at radius 2 is 2.00 bits per heavy atom. The smallest absolute Gasteiger partial charge is 0.118 e. The molecule has 0 aliphatic rings. The van der Waals surface area contributed by atoms with E-state index in [0.29, 0.717) is 6.54 Å². The van der Waals surface area contributed by atoms with E-state index in [0.717, 1.165) is 23.6 Å². The first-order chi connectivity index (χ1) is 8.24. The summed E-state index contributed by atoms with van der Waals surface area (Å²) >= 11 is 0. The fourth-order valence-corrected chi connectivity index (χ4v) is 1.73. The van der Waals surface area contributed by atoms with E-state index in [2.05, 4.69) is 10.3 Å². The lowest BCUT2D eigenvalue weighted by atomic mass is 10.1. The minimum Gasteiger partial charge on any atom is -0.497 e. The van der Waals surface area contributed by atoms with Gasteiger partial charge in [0.1, 0.15) is 5.75 Å². The Balaban J connectivity index is 2.21. The maximum Gasteiger partial charge on any atom is 0.118 e. The largest absolute Gasteiger partial charge is 0.497 e. The molecular weight excluding hydrogens is 216 g/mol. The third kappa shape index (κ3) is 2.45. The number of nitrogens with two attached hydrogens (primary N) is 1. The van der Waals surface area contributed by atoms with E-state index in [1.807, 2.05) is 31.3 Å². The first kappa shape index (κ1) is 11.6. The highest BCUT2D eigenvalue weighted by Crippen LogP contribution is 2.15. The van der Waals surface area contributed by atoms with Gasteiger partial charge in [-0.2, -0.15) is 0 Å². The van der Waals surface area contributed by atoms with Gasteiger partial charge >= 0.3 is 0 Å². The predicted octanol–water partition coefficient (Wildman–Crippen LogP) is 0.873. The van der Waals surface area contributed by atoms with Crippen molar-refractivity contribution < 1.29 is 4.74 Å². The Morgan fingerprint density at radius 1 is 1.29 bits per heavy atom. The Morgan fingerprint density at radius 3 is 2.59 bits per heavy atom. The van der Waals surface area contributed by atoms with Crippen LogP contribution in [0, 0.1) is 0 Å². The van der Waals surface area contributed by atoms with Gasteiger partial charge in [0.15, 0.2) is 0 Å². The lowest BCUT2D eigenvalue weighted by Crippen LogP contribution is -2.05. The van der Waals surface area contributed by atoms with E-state index < -0.39 is 0 Å². The molecular formula is C12H16N4O. The third-order valence-corrected chi connectivity index (χ3v) is 2.75. The van der Waals surface area contributed by atoms with Crippen molar-refractivity contribution in [1.29, 1.82) is 0 Å². The number of benzene rings is 1. The van der Waals surface area contributed by atoms with E-state index in [1.54, 1.807) is 11.8 Å². The average molecular weight is 232 g/mol. The monoisotopic (exact) mass is 232 g/mol. The van der Waals surface area contributed by atoms with Gasteiger partial charge < -0.3 is 10.5 Å². The topological polar surface area (TPSA) is 66.0 Å². The Labute approximate surface area is 100 Å². The Hall–Kier alpha value is -1.88. The van der Waals surface area contributed by atoms with Crippen LogP contribution in [0.25, 0.3) is 0 Å². The van der Waals surface area contributed by atoms with Crippen LogP contribution in [0.1, 0.15) is 17.0 Å². The normalized spacial score (nSPS) is 10.5. The maximum atomic E-state index is 5.63. The summed E-state index contributed by atoms with van der Waals surface area (Å²) in [5.74, 6) is 0.857. The number of aromatic nitrogens is 3. The number of nitrogens with zero attached hydrogens (tertiary/aromatic N) is 3. The van der Waals surface area contributed by atoms with Crippen LogP contribution >= 0.6 is 0 Å². The van der Waals surface area contributed by atoms with Gasteiger partial charge in [-0.3, -0.25) is 4.68 Å².